The first kappa shape index (κ1) is 14.5. The van der Waals surface area contributed by atoms with Crippen molar-refractivity contribution in [2.24, 2.45) is 0 Å². The molecule has 0 aliphatic carbocycles. The van der Waals surface area contributed by atoms with Crippen molar-refractivity contribution < 1.29 is 8.42 Å². The summed E-state index contributed by atoms with van der Waals surface area (Å²) in [7, 11) is -3.49. The zero-order valence-corrected chi connectivity index (χ0v) is 12.1. The van der Waals surface area contributed by atoms with E-state index in [0.29, 0.717) is 28.9 Å². The molecule has 0 aromatic heterocycles. The maximum Gasteiger partial charge on any atom is 0.240 e. The Labute approximate surface area is 115 Å². The molecule has 0 saturated carbocycles. The fourth-order valence-electron chi connectivity index (χ4n) is 1.12. The van der Waals surface area contributed by atoms with Crippen LogP contribution in [0.2, 0.25) is 5.02 Å². The molecule has 0 amide bonds. The molecule has 92 valence electrons. The molecule has 0 fully saturated rings. The van der Waals surface area contributed by atoms with E-state index in [4.69, 9.17) is 18.0 Å². The Kier molecular flexibility index (Phi) is 5.47. The van der Waals surface area contributed by atoms with Crippen molar-refractivity contribution in [3.63, 3.8) is 0 Å². The van der Waals surface area contributed by atoms with Gasteiger partial charge in [-0.3, -0.25) is 0 Å². The van der Waals surface area contributed by atoms with Gasteiger partial charge in [-0.25, -0.2) is 13.1 Å². The molecule has 0 heterocycles. The van der Waals surface area contributed by atoms with Crippen LogP contribution in [0.5, 0.6) is 0 Å². The molecule has 0 unspecified atom stereocenters. The van der Waals surface area contributed by atoms with E-state index in [1.165, 1.54) is 18.2 Å². The van der Waals surface area contributed by atoms with Crippen molar-refractivity contribution in [1.29, 1.82) is 0 Å². The Bertz CT molecular complexity index is 537. The van der Waals surface area contributed by atoms with Crippen LogP contribution in [0.4, 0.5) is 0 Å². The van der Waals surface area contributed by atoms with E-state index in [1.54, 1.807) is 0 Å². The van der Waals surface area contributed by atoms with E-state index in [2.05, 4.69) is 26.6 Å². The Balaban J connectivity index is 2.76. The summed E-state index contributed by atoms with van der Waals surface area (Å²) >= 11 is 8.97. The van der Waals surface area contributed by atoms with Crippen LogP contribution in [-0.2, 0) is 10.0 Å². The van der Waals surface area contributed by atoms with Gasteiger partial charge >= 0.3 is 0 Å². The lowest BCUT2D eigenvalue weighted by molar-refractivity contribution is 0.579. The third-order valence-corrected chi connectivity index (χ3v) is 4.66. The topological polar surface area (TPSA) is 46.2 Å². The highest BCUT2D eigenvalue weighted by molar-refractivity contribution is 9.10. The molecule has 0 bridgehead atoms. The van der Waals surface area contributed by atoms with Gasteiger partial charge in [-0.2, -0.15) is 0 Å². The van der Waals surface area contributed by atoms with Crippen molar-refractivity contribution in [1.82, 2.24) is 4.72 Å². The van der Waals surface area contributed by atoms with Gasteiger partial charge in [-0.1, -0.05) is 11.6 Å². The predicted molar refractivity (Wildman–Crippen MR) is 72.4 cm³/mol. The SMILES string of the molecule is C#CCCCNS(=O)(=O)c1ccc(Cl)c(Br)c1. The van der Waals surface area contributed by atoms with Crippen LogP contribution in [0.15, 0.2) is 27.6 Å². The normalized spacial score (nSPS) is 11.1. The van der Waals surface area contributed by atoms with Crippen molar-refractivity contribution in [3.05, 3.63) is 27.7 Å². The van der Waals surface area contributed by atoms with Crippen molar-refractivity contribution >= 4 is 37.6 Å². The Morgan fingerprint density at radius 1 is 1.47 bits per heavy atom. The first-order valence-electron chi connectivity index (χ1n) is 4.85. The average Bonchev–Trinajstić information content (AvgIpc) is 2.28. The van der Waals surface area contributed by atoms with E-state index >= 15 is 0 Å². The molecule has 6 heteroatoms. The first-order chi connectivity index (χ1) is 7.97. The third kappa shape index (κ3) is 4.32. The van der Waals surface area contributed by atoms with Crippen LogP contribution >= 0.6 is 27.5 Å². The van der Waals surface area contributed by atoms with Gasteiger partial charge in [0.05, 0.1) is 9.92 Å². The minimum absolute atomic E-state index is 0.175. The van der Waals surface area contributed by atoms with Crippen molar-refractivity contribution in [2.45, 2.75) is 17.7 Å². The van der Waals surface area contributed by atoms with Gasteiger partial charge in [-0.15, -0.1) is 12.3 Å². The molecule has 3 nitrogen and oxygen atoms in total. The Hall–Kier alpha value is -0.540. The van der Waals surface area contributed by atoms with E-state index in [9.17, 15) is 8.42 Å². The van der Waals surface area contributed by atoms with Gasteiger partial charge in [0.1, 0.15) is 0 Å². The smallest absolute Gasteiger partial charge is 0.211 e. The molecule has 1 rings (SSSR count). The molecular weight excluding hydrogens is 326 g/mol. The molecular formula is C11H11BrClNO2S. The standard InChI is InChI=1S/C11H11BrClNO2S/c1-2-3-4-7-14-17(15,16)9-5-6-11(13)10(12)8-9/h1,5-6,8,14H,3-4,7H2. The van der Waals surface area contributed by atoms with Crippen LogP contribution in [0.3, 0.4) is 0 Å². The molecule has 0 aliphatic rings. The van der Waals surface area contributed by atoms with Crippen LogP contribution < -0.4 is 4.72 Å². The second-order valence-electron chi connectivity index (χ2n) is 3.28. The maximum atomic E-state index is 11.8. The lowest BCUT2D eigenvalue weighted by Crippen LogP contribution is -2.24. The van der Waals surface area contributed by atoms with E-state index in [0.717, 1.165) is 0 Å². The van der Waals surface area contributed by atoms with Crippen molar-refractivity contribution in [3.8, 4) is 12.3 Å². The summed E-state index contributed by atoms with van der Waals surface area (Å²) in [5, 5.41) is 0.469. The van der Waals surface area contributed by atoms with Crippen LogP contribution in [0.1, 0.15) is 12.8 Å². The number of terminal acetylenes is 1. The molecule has 0 aliphatic heterocycles. The predicted octanol–water partition coefficient (Wildman–Crippen LogP) is 2.79. The molecule has 17 heavy (non-hydrogen) atoms. The molecule has 0 atom stereocenters. The summed E-state index contributed by atoms with van der Waals surface area (Å²) in [4.78, 5) is 0.175. The molecule has 0 radical (unpaired) electrons. The van der Waals surface area contributed by atoms with E-state index < -0.39 is 10.0 Å². The fourth-order valence-corrected chi connectivity index (χ4v) is 2.87. The second-order valence-corrected chi connectivity index (χ2v) is 6.31. The van der Waals surface area contributed by atoms with Gasteiger partial charge in [0, 0.05) is 17.4 Å². The molecule has 1 N–H and O–H groups in total. The van der Waals surface area contributed by atoms with E-state index in [-0.39, 0.29) is 4.90 Å². The molecule has 1 aromatic rings. The summed E-state index contributed by atoms with van der Waals surface area (Å²) in [5.74, 6) is 2.45. The lowest BCUT2D eigenvalue weighted by Gasteiger charge is -2.06. The summed E-state index contributed by atoms with van der Waals surface area (Å²) in [6, 6.07) is 4.45. The van der Waals surface area contributed by atoms with E-state index in [1.807, 2.05) is 0 Å². The maximum absolute atomic E-state index is 11.8. The monoisotopic (exact) mass is 335 g/mol. The van der Waals surface area contributed by atoms with Crippen LogP contribution in [0, 0.1) is 12.3 Å². The lowest BCUT2D eigenvalue weighted by atomic mass is 10.3. The van der Waals surface area contributed by atoms with Gasteiger partial charge in [0.2, 0.25) is 10.0 Å². The Morgan fingerprint density at radius 2 is 2.18 bits per heavy atom. The second kappa shape index (κ2) is 6.41. The first-order valence-corrected chi connectivity index (χ1v) is 7.51. The highest BCUT2D eigenvalue weighted by atomic mass is 79.9. The minimum atomic E-state index is -3.49. The van der Waals surface area contributed by atoms with Gasteiger partial charge in [-0.05, 0) is 40.5 Å². The van der Waals surface area contributed by atoms with Crippen molar-refractivity contribution in [2.75, 3.05) is 6.54 Å². The summed E-state index contributed by atoms with van der Waals surface area (Å²) in [5.41, 5.74) is 0. The zero-order chi connectivity index (χ0) is 12.9. The number of unbranched alkanes of at least 4 members (excludes halogenated alkanes) is 1. The average molecular weight is 337 g/mol. The summed E-state index contributed by atoms with van der Waals surface area (Å²) in [6.07, 6.45) is 6.24. The number of halogens is 2. The Morgan fingerprint density at radius 3 is 2.76 bits per heavy atom. The number of nitrogens with one attached hydrogen (secondary N) is 1. The summed E-state index contributed by atoms with van der Waals surface area (Å²) < 4.78 is 26.7. The molecule has 0 spiro atoms. The highest BCUT2D eigenvalue weighted by Crippen LogP contribution is 2.25. The van der Waals surface area contributed by atoms with Gasteiger partial charge in [0.15, 0.2) is 0 Å². The number of hydrogen-bond donors (Lipinski definition) is 1. The quantitative estimate of drug-likeness (QED) is 0.664. The minimum Gasteiger partial charge on any atom is -0.211 e. The van der Waals surface area contributed by atoms with Crippen LogP contribution in [0.25, 0.3) is 0 Å². The zero-order valence-electron chi connectivity index (χ0n) is 8.91. The summed E-state index contributed by atoms with van der Waals surface area (Å²) in [6.45, 7) is 0.326. The number of sulfonamides is 1. The number of rotatable bonds is 5. The third-order valence-electron chi connectivity index (χ3n) is 1.99. The number of hydrogen-bond acceptors (Lipinski definition) is 2. The molecule has 0 saturated heterocycles. The highest BCUT2D eigenvalue weighted by Gasteiger charge is 2.14. The van der Waals surface area contributed by atoms with Crippen LogP contribution in [-0.4, -0.2) is 15.0 Å². The molecule has 1 aromatic carbocycles. The largest absolute Gasteiger partial charge is 0.240 e. The van der Waals surface area contributed by atoms with Gasteiger partial charge in [0.25, 0.3) is 0 Å². The van der Waals surface area contributed by atoms with Gasteiger partial charge < -0.3 is 0 Å². The fraction of sp³-hybridized carbons (Fsp3) is 0.273. The number of benzene rings is 1.